The van der Waals surface area contributed by atoms with Crippen LogP contribution in [0.4, 0.5) is 11.4 Å². The first-order valence-corrected chi connectivity index (χ1v) is 7.77. The highest BCUT2D eigenvalue weighted by Crippen LogP contribution is 2.22. The molecule has 0 saturated heterocycles. The number of rotatable bonds is 6. The summed E-state index contributed by atoms with van der Waals surface area (Å²) in [6, 6.07) is 9.43. The van der Waals surface area contributed by atoms with Crippen LogP contribution in [0.1, 0.15) is 23.4 Å². The zero-order chi connectivity index (χ0) is 18.6. The third kappa shape index (κ3) is 4.01. The Balaban J connectivity index is 2.28. The van der Waals surface area contributed by atoms with Crippen LogP contribution < -0.4 is 4.90 Å². The van der Waals surface area contributed by atoms with Crippen LogP contribution >= 0.6 is 0 Å². The van der Waals surface area contributed by atoms with E-state index in [2.05, 4.69) is 5.10 Å². The minimum atomic E-state index is -0.494. The number of hydrogen-bond acceptors (Lipinski definition) is 5. The van der Waals surface area contributed by atoms with Crippen molar-refractivity contribution in [2.24, 2.45) is 0 Å². The normalized spacial score (nSPS) is 10.3. The Morgan fingerprint density at radius 2 is 1.96 bits per heavy atom. The van der Waals surface area contributed by atoms with E-state index in [1.165, 1.54) is 9.58 Å². The molecule has 0 atom stereocenters. The summed E-state index contributed by atoms with van der Waals surface area (Å²) < 4.78 is 1.34. The van der Waals surface area contributed by atoms with Gasteiger partial charge in [-0.25, -0.2) is 0 Å². The summed E-state index contributed by atoms with van der Waals surface area (Å²) in [6.07, 6.45) is 0.191. The second kappa shape index (κ2) is 7.57. The van der Waals surface area contributed by atoms with E-state index in [0.29, 0.717) is 11.4 Å². The third-order valence-corrected chi connectivity index (χ3v) is 3.90. The minimum absolute atomic E-state index is 0.0771. The molecule has 8 heteroatoms. The Labute approximate surface area is 145 Å². The fourth-order valence-electron chi connectivity index (χ4n) is 2.60. The molecule has 0 fully saturated rings. The monoisotopic (exact) mass is 341 g/mol. The highest BCUT2D eigenvalue weighted by Gasteiger charge is 2.24. The van der Waals surface area contributed by atoms with Gasteiger partial charge >= 0.3 is 5.69 Å². The van der Waals surface area contributed by atoms with Crippen molar-refractivity contribution in [1.29, 1.82) is 5.26 Å². The fourth-order valence-corrected chi connectivity index (χ4v) is 2.60. The molecule has 130 valence electrons. The molecule has 0 unspecified atom stereocenters. The van der Waals surface area contributed by atoms with Gasteiger partial charge in [0.2, 0.25) is 5.91 Å². The lowest BCUT2D eigenvalue weighted by Crippen LogP contribution is -2.35. The average molecular weight is 341 g/mol. The molecular weight excluding hydrogens is 322 g/mol. The van der Waals surface area contributed by atoms with Crippen LogP contribution in [0.3, 0.4) is 0 Å². The van der Waals surface area contributed by atoms with Gasteiger partial charge in [-0.15, -0.1) is 0 Å². The molecule has 0 aliphatic heterocycles. The van der Waals surface area contributed by atoms with Gasteiger partial charge in [0, 0.05) is 12.2 Å². The Morgan fingerprint density at radius 3 is 2.48 bits per heavy atom. The highest BCUT2D eigenvalue weighted by atomic mass is 16.6. The van der Waals surface area contributed by atoms with Crippen LogP contribution in [-0.4, -0.2) is 27.2 Å². The smallest absolute Gasteiger partial charge is 0.310 e. The van der Waals surface area contributed by atoms with Crippen molar-refractivity contribution in [3.8, 4) is 6.07 Å². The van der Waals surface area contributed by atoms with Crippen LogP contribution in [-0.2, 0) is 11.3 Å². The van der Waals surface area contributed by atoms with E-state index in [0.717, 1.165) is 5.56 Å². The van der Waals surface area contributed by atoms with Crippen molar-refractivity contribution in [2.45, 2.75) is 33.7 Å². The Morgan fingerprint density at radius 1 is 1.32 bits per heavy atom. The first-order chi connectivity index (χ1) is 11.8. The summed E-state index contributed by atoms with van der Waals surface area (Å²) in [7, 11) is 0. The molecule has 1 aromatic heterocycles. The number of nitrogens with zero attached hydrogens (tertiary/aromatic N) is 5. The van der Waals surface area contributed by atoms with Crippen molar-refractivity contribution < 1.29 is 9.72 Å². The first kappa shape index (κ1) is 18.1. The molecule has 0 N–H and O–H groups in total. The summed E-state index contributed by atoms with van der Waals surface area (Å²) in [4.78, 5) is 24.8. The predicted molar refractivity (Wildman–Crippen MR) is 92.1 cm³/mol. The number of aromatic nitrogens is 2. The summed E-state index contributed by atoms with van der Waals surface area (Å²) >= 11 is 0. The number of nitriles is 1. The molecule has 1 aromatic carbocycles. The second-order valence-corrected chi connectivity index (χ2v) is 5.72. The molecule has 2 aromatic rings. The number of hydrogen-bond donors (Lipinski definition) is 0. The number of aryl methyl sites for hydroxylation is 2. The lowest BCUT2D eigenvalue weighted by atomic mass is 10.2. The maximum absolute atomic E-state index is 12.7. The van der Waals surface area contributed by atoms with Crippen molar-refractivity contribution in [3.63, 3.8) is 0 Å². The number of amides is 1. The number of carbonyl (C=O) groups excluding carboxylic acids is 1. The SMILES string of the molecule is Cc1ccc(N(CCC#N)C(=O)Cn2nc(C)c([N+](=O)[O-])c2C)cc1. The summed E-state index contributed by atoms with van der Waals surface area (Å²) in [5, 5.41) is 24.0. The van der Waals surface area contributed by atoms with Gasteiger partial charge in [-0.05, 0) is 32.9 Å². The molecule has 2 rings (SSSR count). The standard InChI is InChI=1S/C17H19N5O3/c1-12-5-7-15(8-6-12)20(10-4-9-18)16(23)11-21-14(3)17(22(24)25)13(2)19-21/h5-8H,4,10-11H2,1-3H3. The van der Waals surface area contributed by atoms with Gasteiger partial charge in [0.05, 0.1) is 17.4 Å². The minimum Gasteiger partial charge on any atom is -0.310 e. The molecule has 0 saturated carbocycles. The molecule has 25 heavy (non-hydrogen) atoms. The van der Waals surface area contributed by atoms with E-state index in [9.17, 15) is 14.9 Å². The zero-order valence-electron chi connectivity index (χ0n) is 14.4. The molecular formula is C17H19N5O3. The van der Waals surface area contributed by atoms with Crippen LogP contribution in [0.25, 0.3) is 0 Å². The molecule has 1 heterocycles. The fraction of sp³-hybridized carbons (Fsp3) is 0.353. The van der Waals surface area contributed by atoms with E-state index < -0.39 is 4.92 Å². The van der Waals surface area contributed by atoms with Crippen LogP contribution in [0, 0.1) is 42.2 Å². The molecule has 0 bridgehead atoms. The van der Waals surface area contributed by atoms with Gasteiger partial charge in [0.1, 0.15) is 17.9 Å². The molecule has 0 aliphatic rings. The lowest BCUT2D eigenvalue weighted by Gasteiger charge is -2.22. The quantitative estimate of drug-likeness (QED) is 0.593. The van der Waals surface area contributed by atoms with Gasteiger partial charge in [-0.3, -0.25) is 19.6 Å². The molecule has 0 spiro atoms. The van der Waals surface area contributed by atoms with Crippen molar-refractivity contribution in [2.75, 3.05) is 11.4 Å². The summed E-state index contributed by atoms with van der Waals surface area (Å²) in [5.74, 6) is -0.278. The van der Waals surface area contributed by atoms with Gasteiger partial charge in [-0.1, -0.05) is 17.7 Å². The number of anilines is 1. The first-order valence-electron chi connectivity index (χ1n) is 7.77. The van der Waals surface area contributed by atoms with E-state index >= 15 is 0 Å². The van der Waals surface area contributed by atoms with Crippen LogP contribution in [0.2, 0.25) is 0 Å². The Hall–Kier alpha value is -3.21. The molecule has 0 radical (unpaired) electrons. The summed E-state index contributed by atoms with van der Waals surface area (Å²) in [6.45, 7) is 5.18. The average Bonchev–Trinajstić information content (AvgIpc) is 2.83. The van der Waals surface area contributed by atoms with Gasteiger partial charge in [-0.2, -0.15) is 10.4 Å². The van der Waals surface area contributed by atoms with E-state index in [-0.39, 0.29) is 36.8 Å². The number of nitro groups is 1. The van der Waals surface area contributed by atoms with E-state index in [4.69, 9.17) is 5.26 Å². The van der Waals surface area contributed by atoms with Crippen LogP contribution in [0.5, 0.6) is 0 Å². The largest absolute Gasteiger partial charge is 0.312 e. The maximum Gasteiger partial charge on any atom is 0.312 e. The van der Waals surface area contributed by atoms with Crippen molar-refractivity contribution in [3.05, 3.63) is 51.3 Å². The Bertz CT molecular complexity index is 833. The van der Waals surface area contributed by atoms with Crippen molar-refractivity contribution in [1.82, 2.24) is 9.78 Å². The molecule has 1 amide bonds. The predicted octanol–water partition coefficient (Wildman–Crippen LogP) is 2.66. The summed E-state index contributed by atoms with van der Waals surface area (Å²) in [5.41, 5.74) is 2.27. The molecule has 0 aliphatic carbocycles. The molecule has 8 nitrogen and oxygen atoms in total. The zero-order valence-corrected chi connectivity index (χ0v) is 14.4. The Kier molecular flexibility index (Phi) is 5.49. The third-order valence-electron chi connectivity index (χ3n) is 3.90. The van der Waals surface area contributed by atoms with Gasteiger partial charge in [0.25, 0.3) is 0 Å². The van der Waals surface area contributed by atoms with Crippen molar-refractivity contribution >= 4 is 17.3 Å². The van der Waals surface area contributed by atoms with E-state index in [1.54, 1.807) is 13.8 Å². The topological polar surface area (TPSA) is 105 Å². The van der Waals surface area contributed by atoms with Gasteiger partial charge in [0.15, 0.2) is 0 Å². The highest BCUT2D eigenvalue weighted by molar-refractivity contribution is 5.93. The number of carbonyl (C=O) groups is 1. The van der Waals surface area contributed by atoms with E-state index in [1.807, 2.05) is 37.3 Å². The number of benzene rings is 1. The maximum atomic E-state index is 12.7. The second-order valence-electron chi connectivity index (χ2n) is 5.72. The van der Waals surface area contributed by atoms with Gasteiger partial charge < -0.3 is 4.90 Å². The lowest BCUT2D eigenvalue weighted by molar-refractivity contribution is -0.386. The van der Waals surface area contributed by atoms with Crippen LogP contribution in [0.15, 0.2) is 24.3 Å².